The van der Waals surface area contributed by atoms with Crippen LogP contribution in [0.1, 0.15) is 12.0 Å². The van der Waals surface area contributed by atoms with Crippen LogP contribution in [0.4, 0.5) is 0 Å². The SMILES string of the molecule is O=C(/C=C/c1cc[c]c(Cl)c1Cl)N1CC=CCC1. The lowest BCUT2D eigenvalue weighted by molar-refractivity contribution is -0.125. The molecule has 0 aliphatic carbocycles. The number of benzene rings is 1. The van der Waals surface area contributed by atoms with Crippen LogP contribution in [0.15, 0.2) is 30.4 Å². The Labute approximate surface area is 116 Å². The zero-order valence-corrected chi connectivity index (χ0v) is 11.2. The third-order valence-corrected chi connectivity index (χ3v) is 3.50. The molecular formula is C14H12Cl2NO. The summed E-state index contributed by atoms with van der Waals surface area (Å²) >= 11 is 11.9. The molecule has 0 spiro atoms. The van der Waals surface area contributed by atoms with Gasteiger partial charge in [0.05, 0.1) is 10.0 Å². The highest BCUT2D eigenvalue weighted by Gasteiger charge is 2.10. The number of rotatable bonds is 2. The highest BCUT2D eigenvalue weighted by Crippen LogP contribution is 2.25. The third kappa shape index (κ3) is 3.15. The van der Waals surface area contributed by atoms with Crippen molar-refractivity contribution in [3.8, 4) is 0 Å². The van der Waals surface area contributed by atoms with Crippen LogP contribution >= 0.6 is 23.2 Å². The summed E-state index contributed by atoms with van der Waals surface area (Å²) in [6, 6.07) is 6.24. The first-order valence-electron chi connectivity index (χ1n) is 5.66. The smallest absolute Gasteiger partial charge is 0.246 e. The molecule has 1 aliphatic heterocycles. The molecule has 1 aromatic carbocycles. The van der Waals surface area contributed by atoms with Gasteiger partial charge in [-0.1, -0.05) is 47.5 Å². The monoisotopic (exact) mass is 280 g/mol. The lowest BCUT2D eigenvalue weighted by Gasteiger charge is -2.21. The standard InChI is InChI=1S/C14H12Cl2NO/c15-12-6-4-5-11(14(12)16)7-8-13(18)17-9-2-1-3-10-17/h1-2,4-5,7-8H,3,9-10H2/b8-7+. The van der Waals surface area contributed by atoms with E-state index in [4.69, 9.17) is 23.2 Å². The van der Waals surface area contributed by atoms with Crippen molar-refractivity contribution in [1.82, 2.24) is 4.90 Å². The molecule has 1 heterocycles. The van der Waals surface area contributed by atoms with Gasteiger partial charge in [-0.3, -0.25) is 4.79 Å². The number of amides is 1. The normalized spacial score (nSPS) is 15.3. The van der Waals surface area contributed by atoms with E-state index >= 15 is 0 Å². The van der Waals surface area contributed by atoms with Crippen molar-refractivity contribution in [2.75, 3.05) is 13.1 Å². The fourth-order valence-electron chi connectivity index (χ4n) is 1.70. The van der Waals surface area contributed by atoms with Gasteiger partial charge in [-0.2, -0.15) is 0 Å². The maximum atomic E-state index is 11.9. The molecule has 18 heavy (non-hydrogen) atoms. The van der Waals surface area contributed by atoms with Gasteiger partial charge >= 0.3 is 0 Å². The van der Waals surface area contributed by atoms with Crippen LogP contribution in [0, 0.1) is 6.07 Å². The van der Waals surface area contributed by atoms with E-state index in [1.54, 1.807) is 23.1 Å². The second-order valence-electron chi connectivity index (χ2n) is 3.94. The van der Waals surface area contributed by atoms with Crippen molar-refractivity contribution in [2.45, 2.75) is 6.42 Å². The predicted octanol–water partition coefficient (Wildman–Crippen LogP) is 3.60. The zero-order chi connectivity index (χ0) is 13.0. The van der Waals surface area contributed by atoms with E-state index in [1.165, 1.54) is 6.08 Å². The van der Waals surface area contributed by atoms with Crippen LogP contribution in [0.25, 0.3) is 6.08 Å². The van der Waals surface area contributed by atoms with E-state index in [9.17, 15) is 4.79 Å². The molecule has 1 radical (unpaired) electrons. The first-order valence-corrected chi connectivity index (χ1v) is 6.42. The van der Waals surface area contributed by atoms with Crippen molar-refractivity contribution in [3.63, 3.8) is 0 Å². The highest BCUT2D eigenvalue weighted by atomic mass is 35.5. The van der Waals surface area contributed by atoms with Gasteiger partial charge in [0.2, 0.25) is 5.91 Å². The van der Waals surface area contributed by atoms with E-state index < -0.39 is 0 Å². The summed E-state index contributed by atoms with van der Waals surface area (Å²) in [6.45, 7) is 1.43. The first-order chi connectivity index (χ1) is 8.68. The lowest BCUT2D eigenvalue weighted by Crippen LogP contribution is -2.32. The van der Waals surface area contributed by atoms with Gasteiger partial charge in [0.25, 0.3) is 0 Å². The average molecular weight is 281 g/mol. The van der Waals surface area contributed by atoms with Crippen molar-refractivity contribution in [2.24, 2.45) is 0 Å². The molecule has 1 aliphatic rings. The predicted molar refractivity (Wildman–Crippen MR) is 74.7 cm³/mol. The molecule has 0 unspecified atom stereocenters. The van der Waals surface area contributed by atoms with Crippen LogP contribution in [-0.4, -0.2) is 23.9 Å². The van der Waals surface area contributed by atoms with Gasteiger partial charge in [0.15, 0.2) is 0 Å². The van der Waals surface area contributed by atoms with Crippen molar-refractivity contribution in [1.29, 1.82) is 0 Å². The topological polar surface area (TPSA) is 20.3 Å². The van der Waals surface area contributed by atoms with E-state index in [-0.39, 0.29) is 5.91 Å². The molecule has 0 saturated carbocycles. The molecular weight excluding hydrogens is 269 g/mol. The Bertz CT molecular complexity index is 509. The van der Waals surface area contributed by atoms with Gasteiger partial charge < -0.3 is 4.90 Å². The lowest BCUT2D eigenvalue weighted by atomic mass is 10.2. The molecule has 0 bridgehead atoms. The van der Waals surface area contributed by atoms with Crippen molar-refractivity contribution >= 4 is 35.2 Å². The van der Waals surface area contributed by atoms with E-state index in [0.717, 1.165) is 18.5 Å². The minimum atomic E-state index is -0.0145. The second-order valence-corrected chi connectivity index (χ2v) is 4.69. The Balaban J connectivity index is 2.08. The van der Waals surface area contributed by atoms with Crippen LogP contribution in [-0.2, 0) is 4.79 Å². The number of carbonyl (C=O) groups excluding carboxylic acids is 1. The largest absolute Gasteiger partial charge is 0.335 e. The summed E-state index contributed by atoms with van der Waals surface area (Å²) in [5, 5.41) is 0.786. The van der Waals surface area contributed by atoms with Gasteiger partial charge in [-0.05, 0) is 18.1 Å². The molecule has 1 aromatic rings. The average Bonchev–Trinajstić information content (AvgIpc) is 2.41. The van der Waals surface area contributed by atoms with E-state index in [1.807, 2.05) is 6.08 Å². The summed E-state index contributed by atoms with van der Waals surface area (Å²) in [5.41, 5.74) is 0.723. The fraction of sp³-hybridized carbons (Fsp3) is 0.214. The highest BCUT2D eigenvalue weighted by molar-refractivity contribution is 6.42. The molecule has 0 N–H and O–H groups in total. The van der Waals surface area contributed by atoms with Gasteiger partial charge in [-0.25, -0.2) is 0 Å². The Morgan fingerprint density at radius 3 is 2.94 bits per heavy atom. The third-order valence-electron chi connectivity index (χ3n) is 2.69. The summed E-state index contributed by atoms with van der Waals surface area (Å²) in [5.74, 6) is -0.0145. The van der Waals surface area contributed by atoms with Gasteiger partial charge in [0, 0.05) is 25.2 Å². The maximum Gasteiger partial charge on any atom is 0.246 e. The summed E-state index contributed by atoms with van der Waals surface area (Å²) in [4.78, 5) is 13.7. The molecule has 93 valence electrons. The number of nitrogens with zero attached hydrogens (tertiary/aromatic N) is 1. The molecule has 2 rings (SSSR count). The molecule has 2 nitrogen and oxygen atoms in total. The molecule has 4 heteroatoms. The Kier molecular flexibility index (Phi) is 4.45. The maximum absolute atomic E-state index is 11.9. The Morgan fingerprint density at radius 2 is 2.22 bits per heavy atom. The van der Waals surface area contributed by atoms with Crippen LogP contribution in [0.3, 0.4) is 0 Å². The van der Waals surface area contributed by atoms with Crippen LogP contribution in [0.2, 0.25) is 10.0 Å². The summed E-state index contributed by atoms with van der Waals surface area (Å²) < 4.78 is 0. The molecule has 1 amide bonds. The number of halogens is 2. The molecule has 0 aromatic heterocycles. The van der Waals surface area contributed by atoms with E-state index in [2.05, 4.69) is 12.1 Å². The van der Waals surface area contributed by atoms with E-state index in [0.29, 0.717) is 16.6 Å². The second kappa shape index (κ2) is 6.07. The molecule has 0 saturated heterocycles. The van der Waals surface area contributed by atoms with Crippen molar-refractivity contribution in [3.05, 3.63) is 52.0 Å². The van der Waals surface area contributed by atoms with Crippen molar-refractivity contribution < 1.29 is 4.79 Å². The number of hydrogen-bond acceptors (Lipinski definition) is 1. The zero-order valence-electron chi connectivity index (χ0n) is 9.70. The molecule has 0 atom stereocenters. The molecule has 0 fully saturated rings. The van der Waals surface area contributed by atoms with Gasteiger partial charge in [-0.15, -0.1) is 0 Å². The first kappa shape index (κ1) is 13.2. The van der Waals surface area contributed by atoms with Gasteiger partial charge in [0.1, 0.15) is 0 Å². The summed E-state index contributed by atoms with van der Waals surface area (Å²) in [7, 11) is 0. The van der Waals surface area contributed by atoms with Crippen LogP contribution in [0.5, 0.6) is 0 Å². The minimum Gasteiger partial charge on any atom is -0.335 e. The minimum absolute atomic E-state index is 0.0145. The number of carbonyl (C=O) groups is 1. The Hall–Kier alpha value is -1.25. The fourth-order valence-corrected chi connectivity index (χ4v) is 2.06. The summed E-state index contributed by atoms with van der Waals surface area (Å²) in [6.07, 6.45) is 8.19. The Morgan fingerprint density at radius 1 is 1.39 bits per heavy atom. The quantitative estimate of drug-likeness (QED) is 0.599. The number of hydrogen-bond donors (Lipinski definition) is 0. The van der Waals surface area contributed by atoms with Crippen LogP contribution < -0.4 is 0 Å².